The molecular formula is C15H23N3O2. The number of methoxy groups -OCH3 is 1. The van der Waals surface area contributed by atoms with Crippen molar-refractivity contribution in [1.29, 1.82) is 0 Å². The van der Waals surface area contributed by atoms with E-state index in [1.54, 1.807) is 7.11 Å². The van der Waals surface area contributed by atoms with Gasteiger partial charge in [-0.2, -0.15) is 0 Å². The van der Waals surface area contributed by atoms with Gasteiger partial charge in [0, 0.05) is 50.4 Å². The lowest BCUT2D eigenvalue weighted by Gasteiger charge is -2.33. The number of rotatable bonds is 5. The molecule has 0 bridgehead atoms. The van der Waals surface area contributed by atoms with Crippen LogP contribution in [-0.2, 0) is 4.79 Å². The summed E-state index contributed by atoms with van der Waals surface area (Å²) in [6, 6.07) is 7.91. The number of benzene rings is 1. The maximum atomic E-state index is 12.0. The second kappa shape index (κ2) is 7.26. The average Bonchev–Trinajstić information content (AvgIpc) is 2.46. The highest BCUT2D eigenvalue weighted by Crippen LogP contribution is 2.16. The summed E-state index contributed by atoms with van der Waals surface area (Å²) in [5.74, 6) is 0.794. The van der Waals surface area contributed by atoms with Gasteiger partial charge in [-0.25, -0.2) is 0 Å². The lowest BCUT2D eigenvalue weighted by Crippen LogP contribution is -2.50. The van der Waals surface area contributed by atoms with Crippen LogP contribution in [0.1, 0.15) is 13.3 Å². The number of carbonyl (C=O) groups excluding carboxylic acids is 1. The van der Waals surface area contributed by atoms with E-state index in [1.807, 2.05) is 24.3 Å². The van der Waals surface area contributed by atoms with Crippen molar-refractivity contribution in [3.8, 4) is 5.75 Å². The highest BCUT2D eigenvalue weighted by atomic mass is 16.5. The fraction of sp³-hybridized carbons (Fsp3) is 0.533. The average molecular weight is 277 g/mol. The van der Waals surface area contributed by atoms with Crippen LogP contribution in [0.5, 0.6) is 5.75 Å². The predicted molar refractivity (Wildman–Crippen MR) is 80.1 cm³/mol. The monoisotopic (exact) mass is 277 g/mol. The van der Waals surface area contributed by atoms with Gasteiger partial charge in [0.1, 0.15) is 5.75 Å². The number of hydrogen-bond acceptors (Lipinski definition) is 4. The molecule has 1 heterocycles. The zero-order valence-electron chi connectivity index (χ0n) is 12.2. The highest BCUT2D eigenvalue weighted by Gasteiger charge is 2.18. The second-order valence-electron chi connectivity index (χ2n) is 5.12. The van der Waals surface area contributed by atoms with Crippen LogP contribution in [0, 0.1) is 0 Å². The highest BCUT2D eigenvalue weighted by molar-refractivity contribution is 5.91. The maximum Gasteiger partial charge on any atom is 0.225 e. The topological polar surface area (TPSA) is 53.6 Å². The summed E-state index contributed by atoms with van der Waals surface area (Å²) in [7, 11) is 1.62. The smallest absolute Gasteiger partial charge is 0.225 e. The van der Waals surface area contributed by atoms with Crippen LogP contribution in [0.3, 0.4) is 0 Å². The summed E-state index contributed by atoms with van der Waals surface area (Å²) in [4.78, 5) is 14.3. The minimum absolute atomic E-state index is 0.0454. The zero-order chi connectivity index (χ0) is 14.4. The van der Waals surface area contributed by atoms with Gasteiger partial charge in [-0.05, 0) is 19.1 Å². The molecule has 0 unspecified atom stereocenters. The van der Waals surface area contributed by atoms with E-state index in [-0.39, 0.29) is 5.91 Å². The first-order valence-corrected chi connectivity index (χ1v) is 7.07. The SMILES string of the molecule is COc1cccc(NC(=O)CCN2CCNC[C@H]2C)c1. The van der Waals surface area contributed by atoms with Crippen molar-refractivity contribution in [2.75, 3.05) is 38.6 Å². The van der Waals surface area contributed by atoms with Gasteiger partial charge in [0.2, 0.25) is 5.91 Å². The molecule has 1 aliphatic rings. The quantitative estimate of drug-likeness (QED) is 0.852. The van der Waals surface area contributed by atoms with Crippen molar-refractivity contribution in [2.24, 2.45) is 0 Å². The molecule has 1 saturated heterocycles. The molecule has 110 valence electrons. The minimum Gasteiger partial charge on any atom is -0.497 e. The van der Waals surface area contributed by atoms with Gasteiger partial charge in [-0.1, -0.05) is 6.07 Å². The summed E-state index contributed by atoms with van der Waals surface area (Å²) in [6.45, 7) is 6.00. The number of amides is 1. The van der Waals surface area contributed by atoms with E-state index >= 15 is 0 Å². The molecule has 1 aromatic rings. The van der Waals surface area contributed by atoms with E-state index in [0.29, 0.717) is 12.5 Å². The summed E-state index contributed by atoms with van der Waals surface area (Å²) in [6.07, 6.45) is 0.515. The van der Waals surface area contributed by atoms with Gasteiger partial charge in [0.25, 0.3) is 0 Å². The van der Waals surface area contributed by atoms with Crippen molar-refractivity contribution < 1.29 is 9.53 Å². The molecule has 1 atom stereocenters. The Kier molecular flexibility index (Phi) is 5.38. The first-order chi connectivity index (χ1) is 9.69. The van der Waals surface area contributed by atoms with Crippen molar-refractivity contribution >= 4 is 11.6 Å². The van der Waals surface area contributed by atoms with E-state index < -0.39 is 0 Å². The number of nitrogens with zero attached hydrogens (tertiary/aromatic N) is 1. The van der Waals surface area contributed by atoms with Crippen LogP contribution < -0.4 is 15.4 Å². The van der Waals surface area contributed by atoms with Crippen molar-refractivity contribution in [3.63, 3.8) is 0 Å². The minimum atomic E-state index is 0.0454. The van der Waals surface area contributed by atoms with Crippen molar-refractivity contribution in [1.82, 2.24) is 10.2 Å². The Morgan fingerprint density at radius 1 is 1.55 bits per heavy atom. The van der Waals surface area contributed by atoms with Crippen molar-refractivity contribution in [3.05, 3.63) is 24.3 Å². The zero-order valence-corrected chi connectivity index (χ0v) is 12.2. The fourth-order valence-electron chi connectivity index (χ4n) is 2.38. The molecule has 1 fully saturated rings. The first-order valence-electron chi connectivity index (χ1n) is 7.07. The molecule has 0 spiro atoms. The van der Waals surface area contributed by atoms with E-state index in [4.69, 9.17) is 4.74 Å². The van der Waals surface area contributed by atoms with E-state index in [0.717, 1.165) is 37.6 Å². The molecular weight excluding hydrogens is 254 g/mol. The Morgan fingerprint density at radius 3 is 3.15 bits per heavy atom. The standard InChI is InChI=1S/C15H23N3O2/c1-12-11-16-7-9-18(12)8-6-15(19)17-13-4-3-5-14(10-13)20-2/h3-5,10,12,16H,6-9,11H2,1-2H3,(H,17,19)/t12-/m1/s1. The molecule has 1 aliphatic heterocycles. The number of nitrogens with one attached hydrogen (secondary N) is 2. The van der Waals surface area contributed by atoms with Crippen molar-refractivity contribution in [2.45, 2.75) is 19.4 Å². The van der Waals surface area contributed by atoms with Crippen LogP contribution in [0.2, 0.25) is 0 Å². The third kappa shape index (κ3) is 4.21. The predicted octanol–water partition coefficient (Wildman–Crippen LogP) is 1.32. The summed E-state index contributed by atoms with van der Waals surface area (Å²) in [5.41, 5.74) is 0.780. The van der Waals surface area contributed by atoms with Crippen LogP contribution in [0.15, 0.2) is 24.3 Å². The summed E-state index contributed by atoms with van der Waals surface area (Å²) >= 11 is 0. The lowest BCUT2D eigenvalue weighted by atomic mass is 10.2. The van der Waals surface area contributed by atoms with Crippen LogP contribution in [-0.4, -0.2) is 50.1 Å². The van der Waals surface area contributed by atoms with Crippen LogP contribution >= 0.6 is 0 Å². The van der Waals surface area contributed by atoms with Gasteiger partial charge < -0.3 is 15.4 Å². The molecule has 2 N–H and O–H groups in total. The van der Waals surface area contributed by atoms with E-state index in [9.17, 15) is 4.79 Å². The van der Waals surface area contributed by atoms with E-state index in [2.05, 4.69) is 22.5 Å². The Hall–Kier alpha value is -1.59. The number of anilines is 1. The number of carbonyl (C=O) groups is 1. The molecule has 0 aliphatic carbocycles. The summed E-state index contributed by atoms with van der Waals surface area (Å²) in [5, 5.41) is 6.26. The third-order valence-electron chi connectivity index (χ3n) is 3.62. The third-order valence-corrected chi connectivity index (χ3v) is 3.62. The fourth-order valence-corrected chi connectivity index (χ4v) is 2.38. The van der Waals surface area contributed by atoms with Crippen LogP contribution in [0.4, 0.5) is 5.69 Å². The molecule has 0 saturated carbocycles. The molecule has 20 heavy (non-hydrogen) atoms. The number of ether oxygens (including phenoxy) is 1. The Morgan fingerprint density at radius 2 is 2.40 bits per heavy atom. The second-order valence-corrected chi connectivity index (χ2v) is 5.12. The maximum absolute atomic E-state index is 12.0. The molecule has 1 amide bonds. The normalized spacial score (nSPS) is 19.6. The Labute approximate surface area is 120 Å². The van der Waals surface area contributed by atoms with Gasteiger partial charge in [-0.15, -0.1) is 0 Å². The molecule has 5 nitrogen and oxygen atoms in total. The van der Waals surface area contributed by atoms with Gasteiger partial charge in [-0.3, -0.25) is 9.69 Å². The van der Waals surface area contributed by atoms with Gasteiger partial charge in [0.15, 0.2) is 0 Å². The number of piperazine rings is 1. The Balaban J connectivity index is 1.79. The molecule has 0 radical (unpaired) electrons. The largest absolute Gasteiger partial charge is 0.497 e. The van der Waals surface area contributed by atoms with E-state index in [1.165, 1.54) is 0 Å². The van der Waals surface area contributed by atoms with Gasteiger partial charge >= 0.3 is 0 Å². The summed E-state index contributed by atoms with van der Waals surface area (Å²) < 4.78 is 5.14. The lowest BCUT2D eigenvalue weighted by molar-refractivity contribution is -0.116. The Bertz CT molecular complexity index is 450. The molecule has 1 aromatic carbocycles. The van der Waals surface area contributed by atoms with Gasteiger partial charge in [0.05, 0.1) is 7.11 Å². The first kappa shape index (κ1) is 14.8. The van der Waals surface area contributed by atoms with Crippen LogP contribution in [0.25, 0.3) is 0 Å². The molecule has 2 rings (SSSR count). The molecule has 5 heteroatoms. The number of hydrogen-bond donors (Lipinski definition) is 2. The molecule has 0 aromatic heterocycles.